The van der Waals surface area contributed by atoms with Crippen LogP contribution in [0.2, 0.25) is 0 Å². The summed E-state index contributed by atoms with van der Waals surface area (Å²) in [4.78, 5) is 10.6. The Bertz CT molecular complexity index is 626. The lowest BCUT2D eigenvalue weighted by Gasteiger charge is -2.19. The molecule has 8 heteroatoms. The van der Waals surface area contributed by atoms with Crippen molar-refractivity contribution < 1.29 is 27.8 Å². The number of ether oxygens (including phenoxy) is 2. The van der Waals surface area contributed by atoms with Gasteiger partial charge >= 0.3 is 5.97 Å². The molecule has 7 nitrogen and oxygen atoms in total. The average Bonchev–Trinajstić information content (AvgIpc) is 2.41. The minimum Gasteiger partial charge on any atom is -0.492 e. The highest BCUT2D eigenvalue weighted by Crippen LogP contribution is 2.40. The number of aliphatic carboxylic acids is 1. The molecule has 0 saturated carbocycles. The molecule has 0 amide bonds. The summed E-state index contributed by atoms with van der Waals surface area (Å²) in [6.45, 7) is 0. The molecule has 118 valence electrons. The van der Waals surface area contributed by atoms with Gasteiger partial charge < -0.3 is 20.3 Å². The van der Waals surface area contributed by atoms with E-state index in [1.165, 1.54) is 26.4 Å². The zero-order chi connectivity index (χ0) is 16.2. The monoisotopic (exact) mass is 317 g/mol. The Labute approximate surface area is 123 Å². The van der Waals surface area contributed by atoms with Gasteiger partial charge in [0.25, 0.3) is 0 Å². The van der Waals surface area contributed by atoms with Crippen molar-refractivity contribution in [1.29, 1.82) is 0 Å². The van der Waals surface area contributed by atoms with Crippen molar-refractivity contribution in [2.45, 2.75) is 23.8 Å². The summed E-state index contributed by atoms with van der Waals surface area (Å²) in [6, 6.07) is 2.30. The molecule has 0 aliphatic heterocycles. The predicted octanol–water partition coefficient (Wildman–Crippen LogP) is 0.972. The SMILES string of the molecule is COc1c(C(N)CCC(=O)O)ccc(S(C)(=O)=O)c1OC. The number of sulfone groups is 1. The molecule has 0 spiro atoms. The first-order chi connectivity index (χ1) is 9.72. The topological polar surface area (TPSA) is 116 Å². The van der Waals surface area contributed by atoms with E-state index < -0.39 is 21.8 Å². The van der Waals surface area contributed by atoms with Crippen molar-refractivity contribution in [3.63, 3.8) is 0 Å². The smallest absolute Gasteiger partial charge is 0.303 e. The Morgan fingerprint density at radius 3 is 2.29 bits per heavy atom. The van der Waals surface area contributed by atoms with E-state index in [9.17, 15) is 13.2 Å². The van der Waals surface area contributed by atoms with E-state index in [0.29, 0.717) is 5.56 Å². The minimum absolute atomic E-state index is 0.00367. The van der Waals surface area contributed by atoms with E-state index in [1.54, 1.807) is 0 Å². The largest absolute Gasteiger partial charge is 0.492 e. The molecule has 1 rings (SSSR count). The zero-order valence-corrected chi connectivity index (χ0v) is 12.9. The van der Waals surface area contributed by atoms with Crippen molar-refractivity contribution in [3.8, 4) is 11.5 Å². The van der Waals surface area contributed by atoms with Gasteiger partial charge in [0.15, 0.2) is 21.3 Å². The second-order valence-electron chi connectivity index (χ2n) is 4.53. The van der Waals surface area contributed by atoms with Crippen LogP contribution in [0, 0.1) is 0 Å². The maximum absolute atomic E-state index is 11.7. The number of carbonyl (C=O) groups is 1. The maximum atomic E-state index is 11.7. The number of nitrogens with two attached hydrogens (primary N) is 1. The first-order valence-electron chi connectivity index (χ1n) is 6.14. The van der Waals surface area contributed by atoms with E-state index in [-0.39, 0.29) is 29.2 Å². The van der Waals surface area contributed by atoms with Crippen LogP contribution in [0.4, 0.5) is 0 Å². The number of hydrogen-bond acceptors (Lipinski definition) is 6. The minimum atomic E-state index is -3.49. The van der Waals surface area contributed by atoms with Crippen molar-refractivity contribution in [2.24, 2.45) is 5.73 Å². The Morgan fingerprint density at radius 1 is 1.29 bits per heavy atom. The van der Waals surface area contributed by atoms with E-state index in [2.05, 4.69) is 0 Å². The van der Waals surface area contributed by atoms with Crippen LogP contribution < -0.4 is 15.2 Å². The van der Waals surface area contributed by atoms with Crippen LogP contribution >= 0.6 is 0 Å². The Balaban J connectivity index is 3.33. The van der Waals surface area contributed by atoms with E-state index in [0.717, 1.165) is 6.26 Å². The van der Waals surface area contributed by atoms with Gasteiger partial charge in [-0.05, 0) is 12.5 Å². The second-order valence-corrected chi connectivity index (χ2v) is 6.51. The van der Waals surface area contributed by atoms with Crippen molar-refractivity contribution >= 4 is 15.8 Å². The molecule has 1 aromatic carbocycles. The molecule has 0 bridgehead atoms. The zero-order valence-electron chi connectivity index (χ0n) is 12.1. The number of carboxylic acids is 1. The summed E-state index contributed by atoms with van der Waals surface area (Å²) < 4.78 is 33.8. The van der Waals surface area contributed by atoms with Crippen LogP contribution in [0.3, 0.4) is 0 Å². The number of hydrogen-bond donors (Lipinski definition) is 2. The Hall–Kier alpha value is -1.80. The molecule has 0 aliphatic rings. The highest BCUT2D eigenvalue weighted by molar-refractivity contribution is 7.90. The Kier molecular flexibility index (Phi) is 5.56. The summed E-state index contributed by atoms with van der Waals surface area (Å²) in [6.07, 6.45) is 1.17. The number of carboxylic acid groups (broad SMARTS) is 1. The Morgan fingerprint density at radius 2 is 1.86 bits per heavy atom. The summed E-state index contributed by atoms with van der Waals surface area (Å²) in [5.74, 6) is -0.675. The summed E-state index contributed by atoms with van der Waals surface area (Å²) in [7, 11) is -0.782. The van der Waals surface area contributed by atoms with Crippen molar-refractivity contribution in [1.82, 2.24) is 0 Å². The highest BCUT2D eigenvalue weighted by atomic mass is 32.2. The third-order valence-electron chi connectivity index (χ3n) is 2.98. The van der Waals surface area contributed by atoms with Crippen LogP contribution in [0.25, 0.3) is 0 Å². The third kappa shape index (κ3) is 4.08. The van der Waals surface area contributed by atoms with Crippen LogP contribution in [-0.2, 0) is 14.6 Å². The second kappa shape index (κ2) is 6.77. The molecule has 3 N–H and O–H groups in total. The van der Waals surface area contributed by atoms with Gasteiger partial charge in [-0.25, -0.2) is 8.42 Å². The van der Waals surface area contributed by atoms with Crippen molar-refractivity contribution in [3.05, 3.63) is 17.7 Å². The fourth-order valence-electron chi connectivity index (χ4n) is 1.98. The molecule has 0 radical (unpaired) electrons. The normalized spacial score (nSPS) is 12.8. The lowest BCUT2D eigenvalue weighted by Crippen LogP contribution is -2.15. The number of rotatable bonds is 7. The van der Waals surface area contributed by atoms with E-state index >= 15 is 0 Å². The van der Waals surface area contributed by atoms with Crippen molar-refractivity contribution in [2.75, 3.05) is 20.5 Å². The number of methoxy groups -OCH3 is 2. The average molecular weight is 317 g/mol. The molecule has 1 atom stereocenters. The molecular formula is C13H19NO6S. The van der Waals surface area contributed by atoms with Crippen LogP contribution in [0.5, 0.6) is 11.5 Å². The molecule has 1 unspecified atom stereocenters. The number of benzene rings is 1. The van der Waals surface area contributed by atoms with Gasteiger partial charge in [0.2, 0.25) is 0 Å². The van der Waals surface area contributed by atoms with Gasteiger partial charge in [-0.3, -0.25) is 4.79 Å². The van der Waals surface area contributed by atoms with Gasteiger partial charge in [0.1, 0.15) is 4.90 Å². The predicted molar refractivity (Wildman–Crippen MR) is 76.5 cm³/mol. The molecule has 21 heavy (non-hydrogen) atoms. The van der Waals surface area contributed by atoms with Crippen LogP contribution in [0.15, 0.2) is 17.0 Å². The highest BCUT2D eigenvalue weighted by Gasteiger charge is 2.24. The van der Waals surface area contributed by atoms with Gasteiger partial charge in [-0.2, -0.15) is 0 Å². The quantitative estimate of drug-likeness (QED) is 0.769. The first-order valence-corrected chi connectivity index (χ1v) is 8.03. The maximum Gasteiger partial charge on any atom is 0.303 e. The molecular weight excluding hydrogens is 298 g/mol. The summed E-state index contributed by atoms with van der Waals surface area (Å²) >= 11 is 0. The fourth-order valence-corrected chi connectivity index (χ4v) is 2.81. The third-order valence-corrected chi connectivity index (χ3v) is 4.10. The lowest BCUT2D eigenvalue weighted by atomic mass is 10.0. The van der Waals surface area contributed by atoms with Gasteiger partial charge in [0, 0.05) is 24.3 Å². The molecule has 1 aromatic rings. The first kappa shape index (κ1) is 17.3. The molecule has 0 saturated heterocycles. The van der Waals surface area contributed by atoms with Gasteiger partial charge in [-0.1, -0.05) is 6.07 Å². The summed E-state index contributed by atoms with van der Waals surface area (Å²) in [5.41, 5.74) is 6.46. The molecule has 0 heterocycles. The fraction of sp³-hybridized carbons (Fsp3) is 0.462. The standard InChI is InChI=1S/C13H19NO6S/c1-19-12-8(9(14)5-7-11(15)16)4-6-10(13(12)20-2)21(3,17)18/h4,6,9H,5,7,14H2,1-3H3,(H,15,16). The molecule has 0 aliphatic carbocycles. The summed E-state index contributed by atoms with van der Waals surface area (Å²) in [5, 5.41) is 8.70. The van der Waals surface area contributed by atoms with E-state index in [4.69, 9.17) is 20.3 Å². The van der Waals surface area contributed by atoms with Gasteiger partial charge in [0.05, 0.1) is 14.2 Å². The van der Waals surface area contributed by atoms with Crippen LogP contribution in [0.1, 0.15) is 24.4 Å². The molecule has 0 fully saturated rings. The van der Waals surface area contributed by atoms with Gasteiger partial charge in [-0.15, -0.1) is 0 Å². The lowest BCUT2D eigenvalue weighted by molar-refractivity contribution is -0.137. The van der Waals surface area contributed by atoms with E-state index in [1.807, 2.05) is 0 Å². The molecule has 0 aromatic heterocycles. The van der Waals surface area contributed by atoms with Crippen LogP contribution in [-0.4, -0.2) is 40.0 Å².